The average molecular weight is 287 g/mol. The number of aryl methyl sites for hydroxylation is 3. The Morgan fingerprint density at radius 3 is 2.67 bits per heavy atom. The second kappa shape index (κ2) is 4.47. The molecule has 0 aliphatic heterocycles. The fraction of sp³-hybridized carbons (Fsp3) is 0.357. The first-order valence-corrected chi connectivity index (χ1v) is 6.75. The van der Waals surface area contributed by atoms with Gasteiger partial charge in [0, 0.05) is 25.0 Å². The number of allylic oxidation sites excluding steroid dienone is 2. The highest BCUT2D eigenvalue weighted by atomic mass is 16.2. The van der Waals surface area contributed by atoms with E-state index in [4.69, 9.17) is 0 Å². The van der Waals surface area contributed by atoms with E-state index in [9.17, 15) is 9.59 Å². The van der Waals surface area contributed by atoms with E-state index in [-0.39, 0.29) is 17.8 Å². The van der Waals surface area contributed by atoms with E-state index in [2.05, 4.69) is 9.97 Å². The van der Waals surface area contributed by atoms with Crippen LogP contribution in [0.25, 0.3) is 16.9 Å². The summed E-state index contributed by atoms with van der Waals surface area (Å²) < 4.78 is 4.41. The third-order valence-electron chi connectivity index (χ3n) is 3.84. The fourth-order valence-electron chi connectivity index (χ4n) is 2.53. The Morgan fingerprint density at radius 2 is 2.00 bits per heavy atom. The number of fused-ring (bicyclic) bond motifs is 3. The lowest BCUT2D eigenvalue weighted by Gasteiger charge is -2.06. The molecule has 0 bridgehead atoms. The Bertz CT molecular complexity index is 997. The molecule has 3 heterocycles. The normalized spacial score (nSPS) is 12.2. The molecule has 0 aliphatic carbocycles. The van der Waals surface area contributed by atoms with Gasteiger partial charge in [-0.2, -0.15) is 4.98 Å². The van der Waals surface area contributed by atoms with Crippen molar-refractivity contribution in [3.63, 3.8) is 0 Å². The predicted molar refractivity (Wildman–Crippen MR) is 80.8 cm³/mol. The summed E-state index contributed by atoms with van der Waals surface area (Å²) in [7, 11) is 1.63. The summed E-state index contributed by atoms with van der Waals surface area (Å²) in [6.07, 6.45) is 3.59. The SMILES string of the molecule is CC=CCn1c(=O)c2c(nc3[nH]c(C)c(C)n32)n(C)c1=O. The minimum atomic E-state index is -0.360. The topological polar surface area (TPSA) is 77.1 Å². The van der Waals surface area contributed by atoms with E-state index in [1.54, 1.807) is 17.5 Å². The van der Waals surface area contributed by atoms with Gasteiger partial charge in [0.1, 0.15) is 0 Å². The largest absolute Gasteiger partial charge is 0.332 e. The number of H-pyrrole nitrogens is 1. The van der Waals surface area contributed by atoms with Crippen LogP contribution in [0.5, 0.6) is 0 Å². The van der Waals surface area contributed by atoms with Crippen LogP contribution in [0.3, 0.4) is 0 Å². The van der Waals surface area contributed by atoms with Gasteiger partial charge in [-0.25, -0.2) is 4.79 Å². The summed E-state index contributed by atoms with van der Waals surface area (Å²) in [6, 6.07) is 0. The van der Waals surface area contributed by atoms with Crippen LogP contribution in [0.15, 0.2) is 21.7 Å². The summed E-state index contributed by atoms with van der Waals surface area (Å²) >= 11 is 0. The van der Waals surface area contributed by atoms with E-state index in [0.29, 0.717) is 16.9 Å². The first-order chi connectivity index (χ1) is 9.97. The summed E-state index contributed by atoms with van der Waals surface area (Å²) in [5, 5.41) is 0. The minimum Gasteiger partial charge on any atom is -0.327 e. The van der Waals surface area contributed by atoms with Crippen molar-refractivity contribution in [2.45, 2.75) is 27.3 Å². The molecule has 3 rings (SSSR count). The fourth-order valence-corrected chi connectivity index (χ4v) is 2.53. The van der Waals surface area contributed by atoms with Crippen LogP contribution >= 0.6 is 0 Å². The lowest BCUT2D eigenvalue weighted by atomic mass is 10.4. The van der Waals surface area contributed by atoms with Crippen LogP contribution in [-0.4, -0.2) is 23.5 Å². The van der Waals surface area contributed by atoms with E-state index in [1.165, 1.54) is 9.13 Å². The molecule has 0 spiro atoms. The van der Waals surface area contributed by atoms with Gasteiger partial charge in [-0.15, -0.1) is 0 Å². The highest BCUT2D eigenvalue weighted by Gasteiger charge is 2.19. The molecule has 7 heteroatoms. The van der Waals surface area contributed by atoms with Crippen LogP contribution in [-0.2, 0) is 13.6 Å². The average Bonchev–Trinajstić information content (AvgIpc) is 2.95. The Hall–Kier alpha value is -2.57. The molecule has 0 saturated heterocycles. The number of hydrogen-bond acceptors (Lipinski definition) is 3. The van der Waals surface area contributed by atoms with Gasteiger partial charge in [0.15, 0.2) is 11.2 Å². The molecule has 0 aliphatic rings. The van der Waals surface area contributed by atoms with Crippen molar-refractivity contribution >= 4 is 16.9 Å². The van der Waals surface area contributed by atoms with Gasteiger partial charge in [-0.1, -0.05) is 12.2 Å². The highest BCUT2D eigenvalue weighted by molar-refractivity contribution is 5.76. The summed E-state index contributed by atoms with van der Waals surface area (Å²) in [5.41, 5.74) is 2.02. The van der Waals surface area contributed by atoms with Gasteiger partial charge in [0.05, 0.1) is 0 Å². The van der Waals surface area contributed by atoms with E-state index in [1.807, 2.05) is 26.8 Å². The van der Waals surface area contributed by atoms with Crippen molar-refractivity contribution in [1.82, 2.24) is 23.5 Å². The van der Waals surface area contributed by atoms with Crippen LogP contribution in [0.4, 0.5) is 0 Å². The molecule has 3 aromatic heterocycles. The number of nitrogens with one attached hydrogen (secondary N) is 1. The maximum absolute atomic E-state index is 12.7. The summed E-state index contributed by atoms with van der Waals surface area (Å²) in [5.74, 6) is 0.580. The van der Waals surface area contributed by atoms with Crippen LogP contribution < -0.4 is 11.2 Å². The standard InChI is InChI=1S/C14H17N5O2/c1-5-6-7-18-12(20)10-11(17(4)14(18)21)16-13-15-8(2)9(3)19(10)13/h5-6H,7H2,1-4H3,(H,15,16). The predicted octanol–water partition coefficient (Wildman–Crippen LogP) is 0.869. The first-order valence-electron chi connectivity index (χ1n) is 6.75. The summed E-state index contributed by atoms with van der Waals surface area (Å²) in [4.78, 5) is 32.5. The van der Waals surface area contributed by atoms with Crippen LogP contribution in [0.2, 0.25) is 0 Å². The van der Waals surface area contributed by atoms with Gasteiger partial charge < -0.3 is 4.98 Å². The first kappa shape index (κ1) is 13.4. The van der Waals surface area contributed by atoms with Gasteiger partial charge in [0.25, 0.3) is 5.56 Å². The Morgan fingerprint density at radius 1 is 1.29 bits per heavy atom. The monoisotopic (exact) mass is 287 g/mol. The highest BCUT2D eigenvalue weighted by Crippen LogP contribution is 2.16. The number of nitrogens with zero attached hydrogens (tertiary/aromatic N) is 4. The maximum Gasteiger partial charge on any atom is 0.332 e. The number of aromatic nitrogens is 5. The number of hydrogen-bond donors (Lipinski definition) is 1. The van der Waals surface area contributed by atoms with E-state index >= 15 is 0 Å². The molecule has 0 amide bonds. The van der Waals surface area contributed by atoms with Crippen molar-refractivity contribution in [2.75, 3.05) is 0 Å². The molecular weight excluding hydrogens is 270 g/mol. The van der Waals surface area contributed by atoms with Crippen molar-refractivity contribution in [3.8, 4) is 0 Å². The molecule has 1 N–H and O–H groups in total. The minimum absolute atomic E-state index is 0.258. The molecule has 0 saturated carbocycles. The quantitative estimate of drug-likeness (QED) is 0.710. The maximum atomic E-state index is 12.7. The zero-order valence-corrected chi connectivity index (χ0v) is 12.5. The molecule has 7 nitrogen and oxygen atoms in total. The van der Waals surface area contributed by atoms with E-state index < -0.39 is 0 Å². The zero-order chi connectivity index (χ0) is 15.3. The van der Waals surface area contributed by atoms with Gasteiger partial charge in [0.2, 0.25) is 5.78 Å². The molecule has 0 atom stereocenters. The molecular formula is C14H17N5O2. The third-order valence-corrected chi connectivity index (χ3v) is 3.84. The van der Waals surface area contributed by atoms with Gasteiger partial charge in [-0.3, -0.25) is 18.3 Å². The summed E-state index contributed by atoms with van der Waals surface area (Å²) in [6.45, 7) is 5.95. The number of imidazole rings is 2. The van der Waals surface area contributed by atoms with Crippen molar-refractivity contribution < 1.29 is 0 Å². The molecule has 0 unspecified atom stereocenters. The second-order valence-corrected chi connectivity index (χ2v) is 5.10. The van der Waals surface area contributed by atoms with Crippen LogP contribution in [0, 0.1) is 13.8 Å². The second-order valence-electron chi connectivity index (χ2n) is 5.10. The lowest BCUT2D eigenvalue weighted by molar-refractivity contribution is 0.666. The molecule has 110 valence electrons. The van der Waals surface area contributed by atoms with Crippen molar-refractivity contribution in [1.29, 1.82) is 0 Å². The third kappa shape index (κ3) is 1.70. The Labute approximate surface area is 120 Å². The molecule has 0 radical (unpaired) electrons. The number of rotatable bonds is 2. The van der Waals surface area contributed by atoms with E-state index in [0.717, 1.165) is 11.4 Å². The Kier molecular flexibility index (Phi) is 2.86. The molecule has 21 heavy (non-hydrogen) atoms. The molecule has 0 fully saturated rings. The van der Waals surface area contributed by atoms with Crippen molar-refractivity contribution in [2.24, 2.45) is 7.05 Å². The zero-order valence-electron chi connectivity index (χ0n) is 12.5. The van der Waals surface area contributed by atoms with Gasteiger partial charge in [-0.05, 0) is 20.8 Å². The molecule has 3 aromatic rings. The lowest BCUT2D eigenvalue weighted by Crippen LogP contribution is -2.39. The number of aromatic amines is 1. The van der Waals surface area contributed by atoms with Crippen LogP contribution in [0.1, 0.15) is 18.3 Å². The van der Waals surface area contributed by atoms with Crippen molar-refractivity contribution in [3.05, 3.63) is 44.4 Å². The molecule has 0 aromatic carbocycles. The van der Waals surface area contributed by atoms with Gasteiger partial charge >= 0.3 is 5.69 Å². The Balaban J connectivity index is 2.55. The smallest absolute Gasteiger partial charge is 0.327 e.